The van der Waals surface area contributed by atoms with E-state index in [1.165, 1.54) is 11.3 Å². The van der Waals surface area contributed by atoms with Gasteiger partial charge in [0.2, 0.25) is 5.91 Å². The Labute approximate surface area is 112 Å². The summed E-state index contributed by atoms with van der Waals surface area (Å²) in [4.78, 5) is 12.9. The van der Waals surface area contributed by atoms with Crippen molar-refractivity contribution >= 4 is 28.8 Å². The minimum absolute atomic E-state index is 0.0177. The van der Waals surface area contributed by atoms with E-state index in [2.05, 4.69) is 10.6 Å². The van der Waals surface area contributed by atoms with Crippen molar-refractivity contribution in [3.8, 4) is 0 Å². The van der Waals surface area contributed by atoms with E-state index in [9.17, 15) is 4.79 Å². The third-order valence-electron chi connectivity index (χ3n) is 2.53. The van der Waals surface area contributed by atoms with E-state index in [1.54, 1.807) is 0 Å². The van der Waals surface area contributed by atoms with Crippen LogP contribution in [0.4, 0.5) is 0 Å². The standard InChI is InChI=1S/C12H19ClN2OS/c1-4-14-7-8(2)12(16)15-9(3)10-5-6-11(13)17-10/h5-6,8-9,14H,4,7H2,1-3H3,(H,15,16). The molecule has 1 aromatic heterocycles. The molecule has 1 aromatic rings. The quantitative estimate of drug-likeness (QED) is 0.838. The summed E-state index contributed by atoms with van der Waals surface area (Å²) in [5, 5.41) is 6.16. The van der Waals surface area contributed by atoms with Crippen molar-refractivity contribution in [1.82, 2.24) is 10.6 Å². The van der Waals surface area contributed by atoms with Crippen molar-refractivity contribution in [1.29, 1.82) is 0 Å². The Kier molecular flexibility index (Phi) is 5.95. The summed E-state index contributed by atoms with van der Waals surface area (Å²) >= 11 is 7.37. The van der Waals surface area contributed by atoms with Crippen LogP contribution in [-0.4, -0.2) is 19.0 Å². The molecular weight excluding hydrogens is 256 g/mol. The number of carbonyl (C=O) groups is 1. The lowest BCUT2D eigenvalue weighted by Gasteiger charge is -2.16. The second kappa shape index (κ2) is 6.99. The molecule has 0 saturated heterocycles. The Hall–Kier alpha value is -0.580. The Morgan fingerprint density at radius 2 is 2.18 bits per heavy atom. The van der Waals surface area contributed by atoms with E-state index < -0.39 is 0 Å². The summed E-state index contributed by atoms with van der Waals surface area (Å²) in [6.07, 6.45) is 0. The molecule has 3 nitrogen and oxygen atoms in total. The summed E-state index contributed by atoms with van der Waals surface area (Å²) in [6.45, 7) is 7.51. The normalized spacial score (nSPS) is 14.4. The highest BCUT2D eigenvalue weighted by Crippen LogP contribution is 2.26. The van der Waals surface area contributed by atoms with Gasteiger partial charge in [0.25, 0.3) is 0 Å². The predicted octanol–water partition coefficient (Wildman–Crippen LogP) is 2.82. The Bertz CT molecular complexity index is 367. The molecule has 96 valence electrons. The topological polar surface area (TPSA) is 41.1 Å². The largest absolute Gasteiger partial charge is 0.348 e. The molecule has 1 rings (SSSR count). The van der Waals surface area contributed by atoms with Gasteiger partial charge in [0.15, 0.2) is 0 Å². The van der Waals surface area contributed by atoms with Crippen LogP contribution in [0.5, 0.6) is 0 Å². The predicted molar refractivity (Wildman–Crippen MR) is 73.6 cm³/mol. The van der Waals surface area contributed by atoms with E-state index in [0.717, 1.165) is 15.8 Å². The number of halogens is 1. The Morgan fingerprint density at radius 3 is 2.71 bits per heavy atom. The van der Waals surface area contributed by atoms with Crippen LogP contribution in [0.25, 0.3) is 0 Å². The third kappa shape index (κ3) is 4.66. The molecule has 0 spiro atoms. The maximum Gasteiger partial charge on any atom is 0.224 e. The summed E-state index contributed by atoms with van der Waals surface area (Å²) in [5.74, 6) is 0.0517. The molecule has 0 radical (unpaired) electrons. The lowest BCUT2D eigenvalue weighted by molar-refractivity contribution is -0.125. The fraction of sp³-hybridized carbons (Fsp3) is 0.583. The summed E-state index contributed by atoms with van der Waals surface area (Å²) in [7, 11) is 0. The van der Waals surface area contributed by atoms with Crippen LogP contribution in [0.2, 0.25) is 4.34 Å². The zero-order valence-electron chi connectivity index (χ0n) is 10.4. The van der Waals surface area contributed by atoms with E-state index in [0.29, 0.717) is 6.54 Å². The van der Waals surface area contributed by atoms with Crippen LogP contribution in [0.15, 0.2) is 12.1 Å². The lowest BCUT2D eigenvalue weighted by atomic mass is 10.1. The number of amides is 1. The second-order valence-corrected chi connectivity index (χ2v) is 5.83. The molecule has 0 aliphatic heterocycles. The van der Waals surface area contributed by atoms with Gasteiger partial charge in [0.05, 0.1) is 10.4 Å². The first-order chi connectivity index (χ1) is 8.04. The van der Waals surface area contributed by atoms with E-state index in [-0.39, 0.29) is 17.9 Å². The van der Waals surface area contributed by atoms with Crippen molar-refractivity contribution in [3.05, 3.63) is 21.3 Å². The number of rotatable bonds is 6. The zero-order chi connectivity index (χ0) is 12.8. The molecule has 1 amide bonds. The van der Waals surface area contributed by atoms with Gasteiger partial charge in [-0.05, 0) is 25.6 Å². The van der Waals surface area contributed by atoms with Crippen LogP contribution < -0.4 is 10.6 Å². The van der Waals surface area contributed by atoms with Gasteiger partial charge in [-0.25, -0.2) is 0 Å². The van der Waals surface area contributed by atoms with Crippen LogP contribution in [0.1, 0.15) is 31.7 Å². The molecule has 0 aliphatic carbocycles. The third-order valence-corrected chi connectivity index (χ3v) is 3.94. The van der Waals surface area contributed by atoms with Gasteiger partial charge in [-0.15, -0.1) is 11.3 Å². The number of hydrogen-bond donors (Lipinski definition) is 2. The maximum absolute atomic E-state index is 11.9. The van der Waals surface area contributed by atoms with Crippen LogP contribution >= 0.6 is 22.9 Å². The summed E-state index contributed by atoms with van der Waals surface area (Å²) in [6, 6.07) is 3.82. The fourth-order valence-corrected chi connectivity index (χ4v) is 2.50. The number of hydrogen-bond acceptors (Lipinski definition) is 3. The zero-order valence-corrected chi connectivity index (χ0v) is 12.0. The lowest BCUT2D eigenvalue weighted by Crippen LogP contribution is -2.36. The van der Waals surface area contributed by atoms with Crippen molar-refractivity contribution in [2.75, 3.05) is 13.1 Å². The first kappa shape index (κ1) is 14.5. The SMILES string of the molecule is CCNCC(C)C(=O)NC(C)c1ccc(Cl)s1. The molecule has 17 heavy (non-hydrogen) atoms. The van der Waals surface area contributed by atoms with Crippen molar-refractivity contribution < 1.29 is 4.79 Å². The highest BCUT2D eigenvalue weighted by molar-refractivity contribution is 7.16. The minimum Gasteiger partial charge on any atom is -0.348 e. The average Bonchev–Trinajstić information content (AvgIpc) is 2.72. The van der Waals surface area contributed by atoms with Crippen LogP contribution in [0, 0.1) is 5.92 Å². The molecule has 0 saturated carbocycles. The molecule has 0 aliphatic rings. The molecule has 0 aromatic carbocycles. The number of thiophene rings is 1. The van der Waals surface area contributed by atoms with Crippen molar-refractivity contribution in [2.45, 2.75) is 26.8 Å². The Morgan fingerprint density at radius 1 is 1.47 bits per heavy atom. The van der Waals surface area contributed by atoms with E-state index >= 15 is 0 Å². The number of carbonyl (C=O) groups excluding carboxylic acids is 1. The van der Waals surface area contributed by atoms with Gasteiger partial charge in [0.1, 0.15) is 0 Å². The first-order valence-corrected chi connectivity index (χ1v) is 7.00. The fourth-order valence-electron chi connectivity index (χ4n) is 1.44. The van der Waals surface area contributed by atoms with Crippen LogP contribution in [-0.2, 0) is 4.79 Å². The monoisotopic (exact) mass is 274 g/mol. The highest BCUT2D eigenvalue weighted by Gasteiger charge is 2.16. The molecular formula is C12H19ClN2OS. The second-order valence-electron chi connectivity index (χ2n) is 4.08. The minimum atomic E-state index is -0.0205. The summed E-state index contributed by atoms with van der Waals surface area (Å²) in [5.41, 5.74) is 0. The molecule has 1 heterocycles. The summed E-state index contributed by atoms with van der Waals surface area (Å²) < 4.78 is 0.752. The van der Waals surface area contributed by atoms with Crippen molar-refractivity contribution in [2.24, 2.45) is 5.92 Å². The van der Waals surface area contributed by atoms with Gasteiger partial charge in [-0.1, -0.05) is 25.4 Å². The Balaban J connectivity index is 2.45. The van der Waals surface area contributed by atoms with Gasteiger partial charge < -0.3 is 10.6 Å². The molecule has 2 atom stereocenters. The maximum atomic E-state index is 11.9. The van der Waals surface area contributed by atoms with Crippen LogP contribution in [0.3, 0.4) is 0 Å². The highest BCUT2D eigenvalue weighted by atomic mass is 35.5. The molecule has 2 unspecified atom stereocenters. The van der Waals surface area contributed by atoms with Gasteiger partial charge in [0, 0.05) is 17.3 Å². The molecule has 0 bridgehead atoms. The molecule has 0 fully saturated rings. The first-order valence-electron chi connectivity index (χ1n) is 5.81. The number of nitrogens with one attached hydrogen (secondary N) is 2. The van der Waals surface area contributed by atoms with Gasteiger partial charge >= 0.3 is 0 Å². The smallest absolute Gasteiger partial charge is 0.224 e. The van der Waals surface area contributed by atoms with Gasteiger partial charge in [-0.2, -0.15) is 0 Å². The molecule has 2 N–H and O–H groups in total. The van der Waals surface area contributed by atoms with E-state index in [4.69, 9.17) is 11.6 Å². The van der Waals surface area contributed by atoms with Crippen molar-refractivity contribution in [3.63, 3.8) is 0 Å². The average molecular weight is 275 g/mol. The van der Waals surface area contributed by atoms with Gasteiger partial charge in [-0.3, -0.25) is 4.79 Å². The molecule has 5 heteroatoms. The van der Waals surface area contributed by atoms with E-state index in [1.807, 2.05) is 32.9 Å².